The van der Waals surface area contributed by atoms with Gasteiger partial charge in [-0.15, -0.1) is 0 Å². The van der Waals surface area contributed by atoms with Gasteiger partial charge in [-0.05, 0) is 42.8 Å². The summed E-state index contributed by atoms with van der Waals surface area (Å²) in [5, 5.41) is 0. The lowest BCUT2D eigenvalue weighted by Gasteiger charge is -2.23. The molecule has 0 atom stereocenters. The van der Waals surface area contributed by atoms with Crippen LogP contribution in [0.25, 0.3) is 0 Å². The second-order valence-electron chi connectivity index (χ2n) is 4.62. The van der Waals surface area contributed by atoms with Gasteiger partial charge in [-0.3, -0.25) is 0 Å². The maximum atomic E-state index is 13.4. The Hall–Kier alpha value is -1.94. The highest BCUT2D eigenvalue weighted by Gasteiger charge is 2.08. The molecule has 0 heterocycles. The van der Waals surface area contributed by atoms with Crippen LogP contribution in [0.5, 0.6) is 0 Å². The fourth-order valence-electron chi connectivity index (χ4n) is 2.16. The lowest BCUT2D eigenvalue weighted by molar-refractivity contribution is 0.609. The van der Waals surface area contributed by atoms with Gasteiger partial charge in [0.15, 0.2) is 0 Å². The van der Waals surface area contributed by atoms with Crippen molar-refractivity contribution in [3.05, 3.63) is 65.2 Å². The van der Waals surface area contributed by atoms with E-state index in [1.54, 1.807) is 18.2 Å². The minimum atomic E-state index is -0.287. The quantitative estimate of drug-likeness (QED) is 0.906. The normalized spacial score (nSPS) is 10.6. The molecule has 20 heavy (non-hydrogen) atoms. The molecule has 4 heteroatoms. The highest BCUT2D eigenvalue weighted by molar-refractivity contribution is 5.47. The van der Waals surface area contributed by atoms with Crippen molar-refractivity contribution in [1.29, 1.82) is 0 Å². The van der Waals surface area contributed by atoms with Crippen LogP contribution < -0.4 is 10.6 Å². The molecule has 0 aliphatic heterocycles. The summed E-state index contributed by atoms with van der Waals surface area (Å²) in [7, 11) is 0. The third kappa shape index (κ3) is 3.33. The van der Waals surface area contributed by atoms with E-state index in [-0.39, 0.29) is 18.2 Å². The molecular weight excluding hydrogens is 258 g/mol. The minimum absolute atomic E-state index is 0.172. The number of rotatable bonds is 5. The van der Waals surface area contributed by atoms with E-state index in [0.29, 0.717) is 12.1 Å². The van der Waals surface area contributed by atoms with Crippen LogP contribution in [0.4, 0.5) is 14.5 Å². The average Bonchev–Trinajstić information content (AvgIpc) is 2.46. The molecule has 0 amide bonds. The second-order valence-corrected chi connectivity index (χ2v) is 4.62. The molecule has 0 saturated carbocycles. The number of halogens is 2. The minimum Gasteiger partial charge on any atom is -0.367 e. The first-order valence-corrected chi connectivity index (χ1v) is 6.62. The third-order valence-corrected chi connectivity index (χ3v) is 3.26. The van der Waals surface area contributed by atoms with Crippen molar-refractivity contribution in [1.82, 2.24) is 0 Å². The Morgan fingerprint density at radius 1 is 1.10 bits per heavy atom. The molecule has 0 fully saturated rings. The summed E-state index contributed by atoms with van der Waals surface area (Å²) in [6.07, 6.45) is 0. The molecule has 0 spiro atoms. The van der Waals surface area contributed by atoms with E-state index in [1.807, 2.05) is 17.9 Å². The lowest BCUT2D eigenvalue weighted by Crippen LogP contribution is -2.22. The van der Waals surface area contributed by atoms with E-state index in [0.717, 1.165) is 17.8 Å². The Kier molecular flexibility index (Phi) is 4.69. The fourth-order valence-corrected chi connectivity index (χ4v) is 2.16. The Balaban J connectivity index is 2.22. The van der Waals surface area contributed by atoms with Gasteiger partial charge >= 0.3 is 0 Å². The molecule has 106 valence electrons. The smallest absolute Gasteiger partial charge is 0.127 e. The van der Waals surface area contributed by atoms with E-state index in [2.05, 4.69) is 0 Å². The largest absolute Gasteiger partial charge is 0.367 e. The summed E-state index contributed by atoms with van der Waals surface area (Å²) in [5.74, 6) is -0.548. The van der Waals surface area contributed by atoms with Gasteiger partial charge in [0.1, 0.15) is 11.6 Å². The van der Waals surface area contributed by atoms with Crippen molar-refractivity contribution in [2.75, 3.05) is 11.4 Å². The first-order valence-electron chi connectivity index (χ1n) is 6.62. The van der Waals surface area contributed by atoms with Gasteiger partial charge in [0.05, 0.1) is 0 Å². The number of hydrogen-bond donors (Lipinski definition) is 1. The molecule has 2 rings (SSSR count). The summed E-state index contributed by atoms with van der Waals surface area (Å²) in [5.41, 5.74) is 7.78. The molecule has 0 saturated heterocycles. The highest BCUT2D eigenvalue weighted by atomic mass is 19.1. The first kappa shape index (κ1) is 14.5. The summed E-state index contributed by atoms with van der Waals surface area (Å²) >= 11 is 0. The van der Waals surface area contributed by atoms with Crippen molar-refractivity contribution in [2.45, 2.75) is 20.0 Å². The summed E-state index contributed by atoms with van der Waals surface area (Å²) in [6, 6.07) is 11.4. The van der Waals surface area contributed by atoms with Gasteiger partial charge < -0.3 is 10.6 Å². The van der Waals surface area contributed by atoms with Gasteiger partial charge in [0.25, 0.3) is 0 Å². The topological polar surface area (TPSA) is 29.3 Å². The highest BCUT2D eigenvalue weighted by Crippen LogP contribution is 2.19. The monoisotopic (exact) mass is 276 g/mol. The SMILES string of the molecule is CCN(Cc1ccc(F)c(CN)c1)c1cccc(F)c1. The molecule has 0 bridgehead atoms. The van der Waals surface area contributed by atoms with E-state index < -0.39 is 0 Å². The molecule has 0 aromatic heterocycles. The van der Waals surface area contributed by atoms with Gasteiger partial charge in [0, 0.05) is 30.9 Å². The maximum absolute atomic E-state index is 13.4. The van der Waals surface area contributed by atoms with E-state index in [1.165, 1.54) is 18.2 Å². The van der Waals surface area contributed by atoms with Crippen molar-refractivity contribution in [3.63, 3.8) is 0 Å². The predicted octanol–water partition coefficient (Wildman–Crippen LogP) is 3.45. The standard InChI is InChI=1S/C16H18F2N2/c1-2-20(15-5-3-4-14(17)9-15)11-12-6-7-16(18)13(8-12)10-19/h3-9H,2,10-11,19H2,1H3. The van der Waals surface area contributed by atoms with Crippen LogP contribution in [0.1, 0.15) is 18.1 Å². The molecule has 0 unspecified atom stereocenters. The van der Waals surface area contributed by atoms with Gasteiger partial charge in [-0.1, -0.05) is 12.1 Å². The van der Waals surface area contributed by atoms with Gasteiger partial charge in [-0.2, -0.15) is 0 Å². The summed E-state index contributed by atoms with van der Waals surface area (Å²) < 4.78 is 26.7. The number of benzene rings is 2. The first-order chi connectivity index (χ1) is 9.63. The van der Waals surface area contributed by atoms with Crippen molar-refractivity contribution >= 4 is 5.69 Å². The molecular formula is C16H18F2N2. The van der Waals surface area contributed by atoms with Crippen LogP contribution >= 0.6 is 0 Å². The van der Waals surface area contributed by atoms with Crippen LogP contribution in [0.15, 0.2) is 42.5 Å². The van der Waals surface area contributed by atoms with Crippen LogP contribution in [-0.4, -0.2) is 6.54 Å². The molecule has 2 N–H and O–H groups in total. The van der Waals surface area contributed by atoms with E-state index >= 15 is 0 Å². The molecule has 0 aliphatic carbocycles. The van der Waals surface area contributed by atoms with Crippen LogP contribution in [0.2, 0.25) is 0 Å². The van der Waals surface area contributed by atoms with Crippen LogP contribution in [0.3, 0.4) is 0 Å². The summed E-state index contributed by atoms with van der Waals surface area (Å²) in [4.78, 5) is 2.02. The van der Waals surface area contributed by atoms with Crippen molar-refractivity contribution in [3.8, 4) is 0 Å². The zero-order chi connectivity index (χ0) is 14.5. The van der Waals surface area contributed by atoms with Crippen LogP contribution in [0, 0.1) is 11.6 Å². The molecule has 2 aromatic rings. The molecule has 2 aromatic carbocycles. The zero-order valence-corrected chi connectivity index (χ0v) is 11.4. The fraction of sp³-hybridized carbons (Fsp3) is 0.250. The Labute approximate surface area is 117 Å². The average molecular weight is 276 g/mol. The van der Waals surface area contributed by atoms with Gasteiger partial charge in [-0.25, -0.2) is 8.78 Å². The van der Waals surface area contributed by atoms with Crippen molar-refractivity contribution < 1.29 is 8.78 Å². The number of hydrogen-bond acceptors (Lipinski definition) is 2. The maximum Gasteiger partial charge on any atom is 0.127 e. The zero-order valence-electron chi connectivity index (χ0n) is 11.4. The van der Waals surface area contributed by atoms with E-state index in [9.17, 15) is 8.78 Å². The number of anilines is 1. The van der Waals surface area contributed by atoms with Crippen molar-refractivity contribution in [2.24, 2.45) is 5.73 Å². The Morgan fingerprint density at radius 2 is 1.90 bits per heavy atom. The Morgan fingerprint density at radius 3 is 2.55 bits per heavy atom. The molecule has 0 aliphatic rings. The van der Waals surface area contributed by atoms with Crippen LogP contribution in [-0.2, 0) is 13.1 Å². The van der Waals surface area contributed by atoms with E-state index in [4.69, 9.17) is 5.73 Å². The number of nitrogens with two attached hydrogens (primary N) is 1. The number of nitrogens with zero attached hydrogens (tertiary/aromatic N) is 1. The third-order valence-electron chi connectivity index (χ3n) is 3.26. The molecule has 0 radical (unpaired) electrons. The van der Waals surface area contributed by atoms with Gasteiger partial charge in [0.2, 0.25) is 0 Å². The predicted molar refractivity (Wildman–Crippen MR) is 77.4 cm³/mol. The Bertz CT molecular complexity index is 584. The molecule has 2 nitrogen and oxygen atoms in total. The second kappa shape index (κ2) is 6.48. The summed E-state index contributed by atoms with van der Waals surface area (Å²) in [6.45, 7) is 3.50. The lowest BCUT2D eigenvalue weighted by atomic mass is 10.1.